The maximum atomic E-state index is 13.5. The lowest BCUT2D eigenvalue weighted by molar-refractivity contribution is 0.0986. The van der Waals surface area contributed by atoms with E-state index in [0.29, 0.717) is 5.82 Å². The van der Waals surface area contributed by atoms with Gasteiger partial charge in [-0.15, -0.1) is 0 Å². The van der Waals surface area contributed by atoms with Gasteiger partial charge in [-0.05, 0) is 18.2 Å². The molecule has 0 aliphatic carbocycles. The number of benzene rings is 1. The molecule has 2 rings (SSSR count). The van der Waals surface area contributed by atoms with Gasteiger partial charge in [0, 0.05) is 24.5 Å². The fourth-order valence-electron chi connectivity index (χ4n) is 1.52. The molecule has 0 amide bonds. The van der Waals surface area contributed by atoms with Gasteiger partial charge in [-0.3, -0.25) is 4.79 Å². The molecule has 1 aromatic carbocycles. The molecule has 0 atom stereocenters. The van der Waals surface area contributed by atoms with Crippen molar-refractivity contribution in [2.24, 2.45) is 7.05 Å². The van der Waals surface area contributed by atoms with Crippen LogP contribution in [0.4, 0.5) is 4.39 Å². The number of imidazole rings is 1. The van der Waals surface area contributed by atoms with Crippen molar-refractivity contribution in [3.8, 4) is 0 Å². The number of carbonyl (C=O) groups excluding carboxylic acids is 1. The Balaban J connectivity index is 2.23. The van der Waals surface area contributed by atoms with Gasteiger partial charge in [0.2, 0.25) is 0 Å². The summed E-state index contributed by atoms with van der Waals surface area (Å²) in [5.74, 6) is -0.311. The summed E-state index contributed by atoms with van der Waals surface area (Å²) in [6, 6.07) is 4.02. The van der Waals surface area contributed by atoms with Gasteiger partial charge in [-0.25, -0.2) is 9.37 Å². The Morgan fingerprint density at radius 1 is 1.53 bits per heavy atom. The highest BCUT2D eigenvalue weighted by Gasteiger charge is 2.14. The second-order valence-electron chi connectivity index (χ2n) is 3.68. The van der Waals surface area contributed by atoms with Gasteiger partial charge in [-0.1, -0.05) is 11.6 Å². The van der Waals surface area contributed by atoms with E-state index in [-0.39, 0.29) is 22.8 Å². The van der Waals surface area contributed by atoms with Gasteiger partial charge in [0.1, 0.15) is 11.6 Å². The number of hydrogen-bond acceptors (Lipinski definition) is 2. The Kier molecular flexibility index (Phi) is 3.24. The largest absolute Gasteiger partial charge is 0.338 e. The van der Waals surface area contributed by atoms with Crippen LogP contribution in [0, 0.1) is 5.82 Å². The molecule has 0 aliphatic rings. The number of rotatable bonds is 3. The minimum Gasteiger partial charge on any atom is -0.338 e. The molecule has 1 aromatic heterocycles. The summed E-state index contributed by atoms with van der Waals surface area (Å²) >= 11 is 5.62. The second kappa shape index (κ2) is 4.67. The molecule has 0 bridgehead atoms. The van der Waals surface area contributed by atoms with Crippen LogP contribution in [0.1, 0.15) is 16.2 Å². The van der Waals surface area contributed by atoms with Crippen molar-refractivity contribution in [1.29, 1.82) is 0 Å². The molecule has 3 nitrogen and oxygen atoms in total. The highest BCUT2D eigenvalue weighted by Crippen LogP contribution is 2.16. The van der Waals surface area contributed by atoms with Gasteiger partial charge in [-0.2, -0.15) is 0 Å². The average Bonchev–Trinajstić information content (AvgIpc) is 2.64. The molecule has 1 heterocycles. The maximum absolute atomic E-state index is 13.5. The normalized spacial score (nSPS) is 10.5. The summed E-state index contributed by atoms with van der Waals surface area (Å²) < 4.78 is 15.2. The van der Waals surface area contributed by atoms with E-state index in [2.05, 4.69) is 4.98 Å². The quantitative estimate of drug-likeness (QED) is 0.787. The number of aromatic nitrogens is 2. The molecule has 0 N–H and O–H groups in total. The highest BCUT2D eigenvalue weighted by atomic mass is 35.5. The van der Waals surface area contributed by atoms with Crippen molar-refractivity contribution in [3.05, 3.63) is 52.8 Å². The molecule has 0 aliphatic heterocycles. The summed E-state index contributed by atoms with van der Waals surface area (Å²) in [5.41, 5.74) is 0.0393. The zero-order valence-corrected chi connectivity index (χ0v) is 9.91. The zero-order chi connectivity index (χ0) is 12.4. The number of aryl methyl sites for hydroxylation is 1. The molecule has 0 radical (unpaired) electrons. The van der Waals surface area contributed by atoms with Crippen LogP contribution in [-0.4, -0.2) is 15.3 Å². The van der Waals surface area contributed by atoms with E-state index < -0.39 is 5.82 Å². The molecule has 0 unspecified atom stereocenters. The predicted octanol–water partition coefficient (Wildman–Crippen LogP) is 2.64. The van der Waals surface area contributed by atoms with Gasteiger partial charge < -0.3 is 4.57 Å². The number of nitrogens with zero attached hydrogens (tertiary/aromatic N) is 2. The van der Waals surface area contributed by atoms with Crippen LogP contribution >= 0.6 is 11.6 Å². The lowest BCUT2D eigenvalue weighted by atomic mass is 10.1. The molecule has 0 fully saturated rings. The molecule has 0 saturated carbocycles. The van der Waals surface area contributed by atoms with E-state index in [4.69, 9.17) is 11.6 Å². The molecule has 0 saturated heterocycles. The van der Waals surface area contributed by atoms with Crippen molar-refractivity contribution >= 4 is 17.4 Å². The third kappa shape index (κ3) is 2.53. The number of halogens is 2. The molecule has 88 valence electrons. The molecular formula is C12H10ClFN2O. The van der Waals surface area contributed by atoms with Gasteiger partial charge in [0.25, 0.3) is 0 Å². The van der Waals surface area contributed by atoms with Crippen molar-refractivity contribution in [1.82, 2.24) is 9.55 Å². The fraction of sp³-hybridized carbons (Fsp3) is 0.167. The maximum Gasteiger partial charge on any atom is 0.173 e. The van der Waals surface area contributed by atoms with Crippen LogP contribution in [0.25, 0.3) is 0 Å². The van der Waals surface area contributed by atoms with Crippen LogP contribution < -0.4 is 0 Å². The van der Waals surface area contributed by atoms with Crippen LogP contribution in [0.3, 0.4) is 0 Å². The van der Waals surface area contributed by atoms with Crippen LogP contribution in [0.15, 0.2) is 30.6 Å². The number of Topliss-reactive ketones (excluding diaryl/α,β-unsaturated/α-hetero) is 1. The summed E-state index contributed by atoms with van der Waals surface area (Å²) in [5, 5.41) is 0.274. The monoisotopic (exact) mass is 252 g/mol. The molecule has 17 heavy (non-hydrogen) atoms. The summed E-state index contributed by atoms with van der Waals surface area (Å²) in [4.78, 5) is 15.9. The van der Waals surface area contributed by atoms with Gasteiger partial charge in [0.05, 0.1) is 12.0 Å². The lowest BCUT2D eigenvalue weighted by Crippen LogP contribution is -2.09. The Morgan fingerprint density at radius 2 is 2.29 bits per heavy atom. The third-order valence-corrected chi connectivity index (χ3v) is 2.71. The van der Waals surface area contributed by atoms with E-state index in [9.17, 15) is 9.18 Å². The van der Waals surface area contributed by atoms with E-state index in [1.165, 1.54) is 12.1 Å². The standard InChI is InChI=1S/C12H10ClFN2O/c1-16-5-4-15-12(16)7-11(17)9-3-2-8(13)6-10(9)14/h2-6H,7H2,1H3. The predicted molar refractivity (Wildman–Crippen MR) is 62.7 cm³/mol. The third-order valence-electron chi connectivity index (χ3n) is 2.47. The number of hydrogen-bond donors (Lipinski definition) is 0. The highest BCUT2D eigenvalue weighted by molar-refractivity contribution is 6.30. The van der Waals surface area contributed by atoms with Crippen molar-refractivity contribution < 1.29 is 9.18 Å². The first kappa shape index (κ1) is 11.8. The van der Waals surface area contributed by atoms with Crippen molar-refractivity contribution in [3.63, 3.8) is 0 Å². The van der Waals surface area contributed by atoms with Crippen molar-refractivity contribution in [2.45, 2.75) is 6.42 Å². The minimum atomic E-state index is -0.600. The Morgan fingerprint density at radius 3 is 2.88 bits per heavy atom. The van der Waals surface area contributed by atoms with E-state index in [1.54, 1.807) is 24.0 Å². The van der Waals surface area contributed by atoms with Gasteiger partial charge >= 0.3 is 0 Å². The molecule has 5 heteroatoms. The molecular weight excluding hydrogens is 243 g/mol. The molecule has 2 aromatic rings. The summed E-state index contributed by atoms with van der Waals surface area (Å²) in [6.07, 6.45) is 3.41. The zero-order valence-electron chi connectivity index (χ0n) is 9.15. The lowest BCUT2D eigenvalue weighted by Gasteiger charge is -2.03. The van der Waals surface area contributed by atoms with Crippen LogP contribution in [-0.2, 0) is 13.5 Å². The Bertz CT molecular complexity index is 565. The first-order chi connectivity index (χ1) is 8.08. The summed E-state index contributed by atoms with van der Waals surface area (Å²) in [7, 11) is 1.79. The Labute approximate surface area is 103 Å². The minimum absolute atomic E-state index is 0.0393. The SMILES string of the molecule is Cn1ccnc1CC(=O)c1ccc(Cl)cc1F. The number of ketones is 1. The fourth-order valence-corrected chi connectivity index (χ4v) is 1.68. The second-order valence-corrected chi connectivity index (χ2v) is 4.11. The number of carbonyl (C=O) groups is 1. The topological polar surface area (TPSA) is 34.9 Å². The van der Waals surface area contributed by atoms with Crippen molar-refractivity contribution in [2.75, 3.05) is 0 Å². The van der Waals surface area contributed by atoms with E-state index >= 15 is 0 Å². The first-order valence-corrected chi connectivity index (χ1v) is 5.40. The molecule has 0 spiro atoms. The average molecular weight is 253 g/mol. The summed E-state index contributed by atoms with van der Waals surface area (Å²) in [6.45, 7) is 0. The first-order valence-electron chi connectivity index (χ1n) is 5.02. The van der Waals surface area contributed by atoms with Crippen LogP contribution in [0.2, 0.25) is 5.02 Å². The van der Waals surface area contributed by atoms with E-state index in [1.807, 2.05) is 0 Å². The van der Waals surface area contributed by atoms with E-state index in [0.717, 1.165) is 6.07 Å². The smallest absolute Gasteiger partial charge is 0.173 e. The Hall–Kier alpha value is -1.68. The van der Waals surface area contributed by atoms with Crippen LogP contribution in [0.5, 0.6) is 0 Å². The van der Waals surface area contributed by atoms with Gasteiger partial charge in [0.15, 0.2) is 5.78 Å².